The highest BCUT2D eigenvalue weighted by atomic mass is 35.5. The number of carbonyl (C=O) groups excluding carboxylic acids is 2. The second-order valence-electron chi connectivity index (χ2n) is 10.3. The lowest BCUT2D eigenvalue weighted by Gasteiger charge is -2.37. The average molecular weight is 604 g/mol. The number of aliphatic carboxylic acids is 1. The molecular formula is C31H26ClN3O6S. The van der Waals surface area contributed by atoms with Crippen LogP contribution in [0.3, 0.4) is 0 Å². The summed E-state index contributed by atoms with van der Waals surface area (Å²) in [6.07, 6.45) is 0. The van der Waals surface area contributed by atoms with Crippen LogP contribution in [0.2, 0.25) is 5.02 Å². The van der Waals surface area contributed by atoms with Gasteiger partial charge in [-0.2, -0.15) is 0 Å². The number of urea groups is 1. The first-order valence-electron chi connectivity index (χ1n) is 13.0. The van der Waals surface area contributed by atoms with Crippen LogP contribution in [0.1, 0.15) is 45.2 Å². The van der Waals surface area contributed by atoms with Gasteiger partial charge in [-0.1, -0.05) is 54.1 Å². The van der Waals surface area contributed by atoms with Crippen LogP contribution in [-0.4, -0.2) is 38.3 Å². The number of nitro groups is 1. The number of carboxylic acid groups (broad SMARTS) is 1. The molecule has 214 valence electrons. The summed E-state index contributed by atoms with van der Waals surface area (Å²) in [6.45, 7) is 3.27. The molecule has 4 aromatic rings. The van der Waals surface area contributed by atoms with Gasteiger partial charge in [0.2, 0.25) is 0 Å². The summed E-state index contributed by atoms with van der Waals surface area (Å²) >= 11 is 7.37. The molecule has 42 heavy (non-hydrogen) atoms. The SMILES string of the molecule is Cc1cccc(NC(=O)N2C(c3cccc([N+](=O)[O-])c3)C(C(=O)c3cccs3)C(c3ccc(Cl)cc3)C2(C)C(=O)O)c1. The van der Waals surface area contributed by atoms with E-state index >= 15 is 0 Å². The average Bonchev–Trinajstić information content (AvgIpc) is 3.59. The molecule has 3 aromatic carbocycles. The lowest BCUT2D eigenvalue weighted by atomic mass is 9.72. The summed E-state index contributed by atoms with van der Waals surface area (Å²) in [7, 11) is 0. The molecule has 2 N–H and O–H groups in total. The third-order valence-corrected chi connectivity index (χ3v) is 8.86. The zero-order valence-corrected chi connectivity index (χ0v) is 24.1. The fraction of sp³-hybridized carbons (Fsp3) is 0.194. The van der Waals surface area contributed by atoms with E-state index < -0.39 is 40.3 Å². The number of nitrogens with one attached hydrogen (secondary N) is 1. The molecule has 1 aliphatic rings. The Bertz CT molecular complexity index is 1680. The first-order chi connectivity index (χ1) is 20.0. The van der Waals surface area contributed by atoms with E-state index in [1.807, 2.05) is 13.0 Å². The predicted octanol–water partition coefficient (Wildman–Crippen LogP) is 7.33. The minimum absolute atomic E-state index is 0.249. The highest BCUT2D eigenvalue weighted by molar-refractivity contribution is 7.12. The van der Waals surface area contributed by atoms with Gasteiger partial charge in [0.15, 0.2) is 5.78 Å². The smallest absolute Gasteiger partial charge is 0.330 e. The Morgan fingerprint density at radius 2 is 1.71 bits per heavy atom. The Hall–Kier alpha value is -4.54. The molecule has 9 nitrogen and oxygen atoms in total. The minimum atomic E-state index is -1.96. The van der Waals surface area contributed by atoms with Gasteiger partial charge in [0.1, 0.15) is 5.54 Å². The number of nitro benzene ring substituents is 1. The molecule has 0 saturated carbocycles. The Kier molecular flexibility index (Phi) is 7.85. The summed E-state index contributed by atoms with van der Waals surface area (Å²) in [5, 5.41) is 27.6. The van der Waals surface area contributed by atoms with Crippen LogP contribution in [-0.2, 0) is 4.79 Å². The van der Waals surface area contributed by atoms with Crippen molar-refractivity contribution in [1.29, 1.82) is 0 Å². The number of likely N-dealkylation sites (tertiary alicyclic amines) is 1. The molecule has 5 rings (SSSR count). The van der Waals surface area contributed by atoms with Crippen molar-refractivity contribution in [2.45, 2.75) is 31.3 Å². The number of ketones is 1. The van der Waals surface area contributed by atoms with Crippen molar-refractivity contribution in [2.75, 3.05) is 5.32 Å². The first kappa shape index (κ1) is 29.0. The quantitative estimate of drug-likeness (QED) is 0.129. The molecule has 0 bridgehead atoms. The van der Waals surface area contributed by atoms with Gasteiger partial charge >= 0.3 is 12.0 Å². The number of Topliss-reactive ketones (excluding diaryl/α,β-unsaturated/α-hetero) is 1. The zero-order chi connectivity index (χ0) is 30.2. The largest absolute Gasteiger partial charge is 0.479 e. The number of thiophene rings is 1. The number of carbonyl (C=O) groups is 3. The molecule has 1 aliphatic heterocycles. The lowest BCUT2D eigenvalue weighted by Crippen LogP contribution is -2.55. The Morgan fingerprint density at radius 1 is 1.00 bits per heavy atom. The first-order valence-corrected chi connectivity index (χ1v) is 14.3. The maximum Gasteiger partial charge on any atom is 0.330 e. The molecule has 1 aromatic heterocycles. The molecular weight excluding hydrogens is 578 g/mol. The van der Waals surface area contributed by atoms with Crippen LogP contribution in [0.25, 0.3) is 0 Å². The number of nitrogens with zero attached hydrogens (tertiary/aromatic N) is 2. The van der Waals surface area contributed by atoms with Gasteiger partial charge in [0.25, 0.3) is 5.69 Å². The van der Waals surface area contributed by atoms with Crippen molar-refractivity contribution >= 4 is 52.1 Å². The maximum absolute atomic E-state index is 14.3. The maximum atomic E-state index is 14.3. The second-order valence-corrected chi connectivity index (χ2v) is 11.7. The van der Waals surface area contributed by atoms with Crippen molar-refractivity contribution in [3.8, 4) is 0 Å². The Labute approximate surface area is 250 Å². The van der Waals surface area contributed by atoms with Crippen molar-refractivity contribution in [3.63, 3.8) is 0 Å². The van der Waals surface area contributed by atoms with Crippen LogP contribution in [0.5, 0.6) is 0 Å². The summed E-state index contributed by atoms with van der Waals surface area (Å²) < 4.78 is 0. The lowest BCUT2D eigenvalue weighted by molar-refractivity contribution is -0.385. The van der Waals surface area contributed by atoms with E-state index in [0.717, 1.165) is 10.5 Å². The summed E-state index contributed by atoms with van der Waals surface area (Å²) in [5.41, 5.74) is -0.158. The van der Waals surface area contributed by atoms with E-state index in [4.69, 9.17) is 11.6 Å². The number of anilines is 1. The van der Waals surface area contributed by atoms with Crippen molar-refractivity contribution < 1.29 is 24.4 Å². The monoisotopic (exact) mass is 603 g/mol. The number of aryl methyl sites for hydroxylation is 1. The fourth-order valence-electron chi connectivity index (χ4n) is 5.87. The number of amides is 2. The highest BCUT2D eigenvalue weighted by Crippen LogP contribution is 2.57. The van der Waals surface area contributed by atoms with Crippen molar-refractivity contribution in [1.82, 2.24) is 4.90 Å². The number of rotatable bonds is 7. The number of hydrogen-bond acceptors (Lipinski definition) is 6. The van der Waals surface area contributed by atoms with Gasteiger partial charge in [-0.3, -0.25) is 19.8 Å². The fourth-order valence-corrected chi connectivity index (χ4v) is 6.71. The topological polar surface area (TPSA) is 130 Å². The Morgan fingerprint density at radius 3 is 2.33 bits per heavy atom. The van der Waals surface area contributed by atoms with Gasteiger partial charge in [0.05, 0.1) is 21.8 Å². The van der Waals surface area contributed by atoms with E-state index in [-0.39, 0.29) is 17.0 Å². The molecule has 2 amide bonds. The summed E-state index contributed by atoms with van der Waals surface area (Å²) in [6, 6.07) is 20.6. The number of hydrogen-bond donors (Lipinski definition) is 2. The summed E-state index contributed by atoms with van der Waals surface area (Å²) in [4.78, 5) is 54.6. The number of carboxylic acids is 1. The zero-order valence-electron chi connectivity index (χ0n) is 22.6. The molecule has 4 unspecified atom stereocenters. The van der Waals surface area contributed by atoms with Crippen LogP contribution in [0.4, 0.5) is 16.2 Å². The third-order valence-electron chi connectivity index (χ3n) is 7.72. The van der Waals surface area contributed by atoms with Crippen LogP contribution >= 0.6 is 22.9 Å². The van der Waals surface area contributed by atoms with E-state index in [1.165, 1.54) is 36.5 Å². The number of non-ortho nitro benzene ring substituents is 1. The molecule has 0 spiro atoms. The molecule has 1 fully saturated rings. The number of benzene rings is 3. The van der Waals surface area contributed by atoms with Crippen molar-refractivity contribution in [3.05, 3.63) is 127 Å². The van der Waals surface area contributed by atoms with Crippen LogP contribution in [0.15, 0.2) is 90.3 Å². The molecule has 0 aliphatic carbocycles. The van der Waals surface area contributed by atoms with Crippen LogP contribution in [0, 0.1) is 23.0 Å². The standard InChI is InChI=1S/C31H26ClN3O6S/c1-18-6-3-8-22(16-18)33-30(39)34-27(20-7-4-9-23(17-20)35(40)41)25(28(36)24-10-5-15-42-24)26(31(34,2)29(37)38)19-11-13-21(32)14-12-19/h3-17,25-27H,1-2H3,(H,33,39)(H,37,38). The number of halogens is 1. The molecule has 11 heteroatoms. The minimum Gasteiger partial charge on any atom is -0.479 e. The summed E-state index contributed by atoms with van der Waals surface area (Å²) in [5.74, 6) is -3.87. The van der Waals surface area contributed by atoms with Gasteiger partial charge < -0.3 is 10.4 Å². The normalized spacial score (nSPS) is 21.6. The predicted molar refractivity (Wildman–Crippen MR) is 160 cm³/mol. The van der Waals surface area contributed by atoms with E-state index in [9.17, 15) is 29.6 Å². The molecule has 2 heterocycles. The Balaban J connectivity index is 1.79. The molecule has 0 radical (unpaired) electrons. The van der Waals surface area contributed by atoms with Crippen LogP contribution < -0.4 is 5.32 Å². The van der Waals surface area contributed by atoms with Crippen molar-refractivity contribution in [2.24, 2.45) is 5.92 Å². The third kappa shape index (κ3) is 5.15. The van der Waals surface area contributed by atoms with Gasteiger partial charge in [-0.05, 0) is 66.2 Å². The van der Waals surface area contributed by atoms with Gasteiger partial charge in [-0.15, -0.1) is 11.3 Å². The van der Waals surface area contributed by atoms with Gasteiger partial charge in [-0.25, -0.2) is 9.59 Å². The second kappa shape index (κ2) is 11.4. The van der Waals surface area contributed by atoms with E-state index in [0.29, 0.717) is 21.2 Å². The molecule has 1 saturated heterocycles. The molecule has 4 atom stereocenters. The van der Waals surface area contributed by atoms with E-state index in [1.54, 1.807) is 66.0 Å². The van der Waals surface area contributed by atoms with Gasteiger partial charge in [0, 0.05) is 28.8 Å². The van der Waals surface area contributed by atoms with E-state index in [2.05, 4.69) is 5.32 Å². The highest BCUT2D eigenvalue weighted by Gasteiger charge is 2.65.